The van der Waals surface area contributed by atoms with Gasteiger partial charge in [0.25, 0.3) is 0 Å². The molecule has 168 valence electrons. The summed E-state index contributed by atoms with van der Waals surface area (Å²) in [6, 6.07) is 4.62. The summed E-state index contributed by atoms with van der Waals surface area (Å²) in [5, 5.41) is 2.80. The quantitative estimate of drug-likeness (QED) is 0.705. The van der Waals surface area contributed by atoms with Crippen molar-refractivity contribution in [2.75, 3.05) is 39.3 Å². The van der Waals surface area contributed by atoms with Gasteiger partial charge in [0.1, 0.15) is 5.60 Å². The van der Waals surface area contributed by atoms with E-state index in [9.17, 15) is 22.8 Å². The molecule has 1 aliphatic rings. The lowest BCUT2D eigenvalue weighted by Gasteiger charge is -2.35. The molecule has 1 aromatic carbocycles. The molecule has 0 spiro atoms. The van der Waals surface area contributed by atoms with Crippen LogP contribution in [0.1, 0.15) is 38.3 Å². The van der Waals surface area contributed by atoms with Gasteiger partial charge in [0.15, 0.2) is 0 Å². The summed E-state index contributed by atoms with van der Waals surface area (Å²) in [5.74, 6) is -0.218. The second-order valence-electron chi connectivity index (χ2n) is 8.38. The molecule has 1 fully saturated rings. The fourth-order valence-electron chi connectivity index (χ4n) is 3.07. The fourth-order valence-corrected chi connectivity index (χ4v) is 3.07. The molecule has 2 amide bonds. The molecule has 6 nitrogen and oxygen atoms in total. The number of piperazine rings is 1. The first-order chi connectivity index (χ1) is 13.9. The van der Waals surface area contributed by atoms with E-state index in [4.69, 9.17) is 4.74 Å². The van der Waals surface area contributed by atoms with E-state index in [2.05, 4.69) is 10.2 Å². The van der Waals surface area contributed by atoms with Crippen molar-refractivity contribution in [1.82, 2.24) is 15.1 Å². The van der Waals surface area contributed by atoms with Crippen LogP contribution in [0.5, 0.6) is 0 Å². The van der Waals surface area contributed by atoms with E-state index < -0.39 is 17.3 Å². The number of halogens is 3. The van der Waals surface area contributed by atoms with Crippen LogP contribution >= 0.6 is 0 Å². The molecule has 1 N–H and O–H groups in total. The molecule has 1 heterocycles. The Balaban J connectivity index is 1.61. The summed E-state index contributed by atoms with van der Waals surface area (Å²) in [4.78, 5) is 28.0. The Morgan fingerprint density at radius 2 is 1.63 bits per heavy atom. The maximum atomic E-state index is 12.6. The van der Waals surface area contributed by atoms with Gasteiger partial charge in [0.05, 0.1) is 12.0 Å². The lowest BCUT2D eigenvalue weighted by atomic mass is 10.1. The summed E-state index contributed by atoms with van der Waals surface area (Å²) in [7, 11) is 0. The van der Waals surface area contributed by atoms with E-state index in [0.29, 0.717) is 25.2 Å². The zero-order valence-corrected chi connectivity index (χ0v) is 17.7. The van der Waals surface area contributed by atoms with Crippen molar-refractivity contribution in [3.63, 3.8) is 0 Å². The van der Waals surface area contributed by atoms with Gasteiger partial charge in [0.2, 0.25) is 5.91 Å². The van der Waals surface area contributed by atoms with Crippen molar-refractivity contribution in [2.24, 2.45) is 0 Å². The number of hydrogen-bond acceptors (Lipinski definition) is 4. The van der Waals surface area contributed by atoms with Crippen LogP contribution in [0.3, 0.4) is 0 Å². The molecule has 0 aromatic heterocycles. The van der Waals surface area contributed by atoms with Gasteiger partial charge in [-0.2, -0.15) is 13.2 Å². The number of nitrogens with zero attached hydrogens (tertiary/aromatic N) is 2. The second kappa shape index (κ2) is 10.1. The zero-order chi connectivity index (χ0) is 22.4. The van der Waals surface area contributed by atoms with E-state index in [1.807, 2.05) is 20.8 Å². The van der Waals surface area contributed by atoms with Gasteiger partial charge >= 0.3 is 12.3 Å². The first-order valence-corrected chi connectivity index (χ1v) is 10.1. The van der Waals surface area contributed by atoms with Gasteiger partial charge in [-0.15, -0.1) is 0 Å². The molecule has 2 rings (SSSR count). The molecule has 1 aliphatic heterocycles. The number of amides is 2. The lowest BCUT2D eigenvalue weighted by molar-refractivity contribution is -0.137. The van der Waals surface area contributed by atoms with Crippen molar-refractivity contribution in [1.29, 1.82) is 0 Å². The highest BCUT2D eigenvalue weighted by atomic mass is 19.4. The van der Waals surface area contributed by atoms with Gasteiger partial charge in [-0.25, -0.2) is 4.79 Å². The first kappa shape index (κ1) is 24.0. The van der Waals surface area contributed by atoms with E-state index >= 15 is 0 Å². The van der Waals surface area contributed by atoms with Crippen molar-refractivity contribution >= 4 is 12.0 Å². The van der Waals surface area contributed by atoms with Crippen LogP contribution in [0.25, 0.3) is 0 Å². The largest absolute Gasteiger partial charge is 0.444 e. The Hall–Kier alpha value is -2.29. The van der Waals surface area contributed by atoms with Crippen molar-refractivity contribution in [3.05, 3.63) is 35.4 Å². The fraction of sp³-hybridized carbons (Fsp3) is 0.619. The minimum absolute atomic E-state index is 0.0483. The summed E-state index contributed by atoms with van der Waals surface area (Å²) in [6.45, 7) is 9.52. The molecule has 0 atom stereocenters. The van der Waals surface area contributed by atoms with Crippen LogP contribution in [0.4, 0.5) is 18.0 Å². The average molecular weight is 429 g/mol. The van der Waals surface area contributed by atoms with Crippen LogP contribution in [0.15, 0.2) is 24.3 Å². The molecule has 0 unspecified atom stereocenters. The SMILES string of the molecule is CC(C)(C)OC(=O)N1CCN(CCCNC(=O)Cc2ccc(C(F)(F)F)cc2)CC1. The number of carbonyl (C=O) groups is 2. The number of nitrogens with one attached hydrogen (secondary N) is 1. The number of carbonyl (C=O) groups excluding carboxylic acids is 2. The Morgan fingerprint density at radius 3 is 2.17 bits per heavy atom. The van der Waals surface area contributed by atoms with Gasteiger partial charge in [0, 0.05) is 32.7 Å². The number of benzene rings is 1. The van der Waals surface area contributed by atoms with E-state index in [-0.39, 0.29) is 18.4 Å². The van der Waals surface area contributed by atoms with Gasteiger partial charge in [-0.1, -0.05) is 12.1 Å². The normalized spacial score (nSPS) is 15.7. The molecule has 0 aliphatic carbocycles. The Kier molecular flexibility index (Phi) is 8.11. The molecule has 30 heavy (non-hydrogen) atoms. The third-order valence-electron chi connectivity index (χ3n) is 4.64. The average Bonchev–Trinajstić information content (AvgIpc) is 2.64. The van der Waals surface area contributed by atoms with Gasteiger partial charge < -0.3 is 15.0 Å². The van der Waals surface area contributed by atoms with Crippen molar-refractivity contribution in [3.8, 4) is 0 Å². The molecule has 1 saturated heterocycles. The third-order valence-corrected chi connectivity index (χ3v) is 4.64. The van der Waals surface area contributed by atoms with Gasteiger partial charge in [-0.05, 0) is 51.4 Å². The number of ether oxygens (including phenoxy) is 1. The molecule has 0 bridgehead atoms. The van der Waals surface area contributed by atoms with E-state index in [1.54, 1.807) is 4.90 Å². The first-order valence-electron chi connectivity index (χ1n) is 10.1. The van der Waals surface area contributed by atoms with Crippen LogP contribution in [-0.4, -0.2) is 66.7 Å². The minimum atomic E-state index is -4.38. The zero-order valence-electron chi connectivity index (χ0n) is 17.7. The second-order valence-corrected chi connectivity index (χ2v) is 8.38. The minimum Gasteiger partial charge on any atom is -0.444 e. The number of alkyl halides is 3. The van der Waals surface area contributed by atoms with Crippen LogP contribution in [0, 0.1) is 0 Å². The standard InChI is InChI=1S/C21H30F3N3O3/c1-20(2,3)30-19(29)27-13-11-26(12-14-27)10-4-9-25-18(28)15-16-5-7-17(8-6-16)21(22,23)24/h5-8H,4,9-15H2,1-3H3,(H,25,28). The van der Waals surface area contributed by atoms with Crippen molar-refractivity contribution in [2.45, 2.75) is 45.4 Å². The topological polar surface area (TPSA) is 61.9 Å². The Bertz CT molecular complexity index is 707. The highest BCUT2D eigenvalue weighted by molar-refractivity contribution is 5.78. The maximum absolute atomic E-state index is 12.6. The van der Waals surface area contributed by atoms with Crippen LogP contribution in [-0.2, 0) is 22.1 Å². The molecular weight excluding hydrogens is 399 g/mol. The number of hydrogen-bond donors (Lipinski definition) is 1. The van der Waals surface area contributed by atoms with E-state index in [0.717, 1.165) is 38.2 Å². The Labute approximate surface area is 175 Å². The van der Waals surface area contributed by atoms with Gasteiger partial charge in [-0.3, -0.25) is 9.69 Å². The van der Waals surface area contributed by atoms with Crippen LogP contribution < -0.4 is 5.32 Å². The van der Waals surface area contributed by atoms with Crippen molar-refractivity contribution < 1.29 is 27.5 Å². The highest BCUT2D eigenvalue weighted by Gasteiger charge is 2.30. The molecular formula is C21H30F3N3O3. The molecule has 1 aromatic rings. The summed E-state index contributed by atoms with van der Waals surface area (Å²) in [6.07, 6.45) is -3.87. The highest BCUT2D eigenvalue weighted by Crippen LogP contribution is 2.29. The smallest absolute Gasteiger partial charge is 0.416 e. The van der Waals surface area contributed by atoms with Crippen LogP contribution in [0.2, 0.25) is 0 Å². The predicted molar refractivity (Wildman–Crippen MR) is 107 cm³/mol. The number of rotatable bonds is 6. The van der Waals surface area contributed by atoms with E-state index in [1.165, 1.54) is 12.1 Å². The maximum Gasteiger partial charge on any atom is 0.416 e. The lowest BCUT2D eigenvalue weighted by Crippen LogP contribution is -2.50. The monoisotopic (exact) mass is 429 g/mol. The summed E-state index contributed by atoms with van der Waals surface area (Å²) < 4.78 is 43.0. The third kappa shape index (κ3) is 8.22. The summed E-state index contributed by atoms with van der Waals surface area (Å²) >= 11 is 0. The summed E-state index contributed by atoms with van der Waals surface area (Å²) in [5.41, 5.74) is -0.690. The molecule has 9 heteroatoms. The Morgan fingerprint density at radius 1 is 1.03 bits per heavy atom. The predicted octanol–water partition coefficient (Wildman–Crippen LogP) is 3.31. The molecule has 0 saturated carbocycles. The molecule has 0 radical (unpaired) electrons.